The molecule has 1 fully saturated rings. The minimum absolute atomic E-state index is 0.0812. The molecule has 0 radical (unpaired) electrons. The number of hydrogen-bond acceptors (Lipinski definition) is 4. The fourth-order valence-corrected chi connectivity index (χ4v) is 3.90. The van der Waals surface area contributed by atoms with E-state index in [-0.39, 0.29) is 11.3 Å². The van der Waals surface area contributed by atoms with Crippen LogP contribution in [0.15, 0.2) is 60.9 Å². The Morgan fingerprint density at radius 3 is 2.35 bits per heavy atom. The van der Waals surface area contributed by atoms with E-state index in [1.807, 2.05) is 53.7 Å². The summed E-state index contributed by atoms with van der Waals surface area (Å²) >= 11 is 0. The van der Waals surface area contributed by atoms with Crippen molar-refractivity contribution in [1.82, 2.24) is 14.5 Å². The zero-order valence-electron chi connectivity index (χ0n) is 18.7. The van der Waals surface area contributed by atoms with Crippen LogP contribution in [0.1, 0.15) is 36.7 Å². The first kappa shape index (κ1) is 21.0. The van der Waals surface area contributed by atoms with Crippen LogP contribution in [0.5, 0.6) is 5.75 Å². The first-order chi connectivity index (χ1) is 14.9. The molecule has 0 spiro atoms. The average Bonchev–Trinajstić information content (AvgIpc) is 3.28. The van der Waals surface area contributed by atoms with Crippen molar-refractivity contribution in [1.29, 1.82) is 0 Å². The summed E-state index contributed by atoms with van der Waals surface area (Å²) in [6, 6.07) is 16.0. The number of rotatable bonds is 4. The van der Waals surface area contributed by atoms with Crippen LogP contribution in [0.4, 0.5) is 5.95 Å². The molecular formula is C25H30N4O2. The van der Waals surface area contributed by atoms with E-state index in [4.69, 9.17) is 4.74 Å². The lowest BCUT2D eigenvalue weighted by Crippen LogP contribution is -2.49. The summed E-state index contributed by atoms with van der Waals surface area (Å²) < 4.78 is 7.42. The van der Waals surface area contributed by atoms with E-state index in [9.17, 15) is 4.79 Å². The van der Waals surface area contributed by atoms with Crippen LogP contribution in [0, 0.1) is 0 Å². The first-order valence-electron chi connectivity index (χ1n) is 10.7. The van der Waals surface area contributed by atoms with Gasteiger partial charge in [0.2, 0.25) is 5.95 Å². The number of carbonyl (C=O) groups excluding carboxylic acids is 1. The van der Waals surface area contributed by atoms with Gasteiger partial charge in [-0.2, -0.15) is 0 Å². The van der Waals surface area contributed by atoms with Gasteiger partial charge in [0, 0.05) is 50.2 Å². The van der Waals surface area contributed by atoms with Crippen molar-refractivity contribution >= 4 is 11.9 Å². The molecule has 0 aliphatic carbocycles. The van der Waals surface area contributed by atoms with Crippen molar-refractivity contribution in [3.63, 3.8) is 0 Å². The number of anilines is 1. The summed E-state index contributed by atoms with van der Waals surface area (Å²) in [5.74, 6) is 1.79. The molecule has 2 heterocycles. The lowest BCUT2D eigenvalue weighted by atomic mass is 9.86. The molecule has 1 aliphatic heterocycles. The number of amides is 1. The van der Waals surface area contributed by atoms with Gasteiger partial charge in [-0.05, 0) is 35.2 Å². The molecule has 1 saturated heterocycles. The molecule has 0 N–H and O–H groups in total. The number of aromatic nitrogens is 2. The summed E-state index contributed by atoms with van der Waals surface area (Å²) in [6.07, 6.45) is 3.77. The third-order valence-electron chi connectivity index (χ3n) is 5.80. The maximum atomic E-state index is 13.0. The molecule has 3 aromatic rings. The molecule has 0 unspecified atom stereocenters. The molecule has 4 rings (SSSR count). The predicted octanol–water partition coefficient (Wildman–Crippen LogP) is 4.14. The molecule has 6 heteroatoms. The highest BCUT2D eigenvalue weighted by Crippen LogP contribution is 2.24. The standard InChI is InChI=1S/C25H30N4O2/c1-25(2,3)20-10-8-19(9-11-20)23(30)27-14-16-28(17-15-27)24-26-12-13-29(24)21-6-5-7-22(18-21)31-4/h5-13,18H,14-17H2,1-4H3. The van der Waals surface area contributed by atoms with Gasteiger partial charge in [-0.1, -0.05) is 39.0 Å². The van der Waals surface area contributed by atoms with E-state index >= 15 is 0 Å². The molecule has 1 aromatic heterocycles. The van der Waals surface area contributed by atoms with Gasteiger partial charge < -0.3 is 14.5 Å². The number of imidazole rings is 1. The van der Waals surface area contributed by atoms with Crippen LogP contribution in [0.25, 0.3) is 5.69 Å². The Bertz CT molecular complexity index is 1040. The van der Waals surface area contributed by atoms with Gasteiger partial charge in [0.1, 0.15) is 5.75 Å². The Morgan fingerprint density at radius 1 is 1.00 bits per heavy atom. The summed E-state index contributed by atoms with van der Waals surface area (Å²) in [5.41, 5.74) is 3.07. The lowest BCUT2D eigenvalue weighted by molar-refractivity contribution is 0.0746. The first-order valence-corrected chi connectivity index (χ1v) is 10.7. The van der Waals surface area contributed by atoms with E-state index in [2.05, 4.69) is 47.4 Å². The monoisotopic (exact) mass is 418 g/mol. The number of carbonyl (C=O) groups is 1. The number of hydrogen-bond donors (Lipinski definition) is 0. The van der Waals surface area contributed by atoms with Crippen LogP contribution in [0.2, 0.25) is 0 Å². The Balaban J connectivity index is 1.44. The smallest absolute Gasteiger partial charge is 0.253 e. The van der Waals surface area contributed by atoms with Crippen LogP contribution in [-0.4, -0.2) is 53.6 Å². The number of benzene rings is 2. The molecule has 1 aliphatic rings. The van der Waals surface area contributed by atoms with Crippen LogP contribution in [-0.2, 0) is 5.41 Å². The summed E-state index contributed by atoms with van der Waals surface area (Å²) in [7, 11) is 1.67. The third kappa shape index (κ3) is 4.43. The van der Waals surface area contributed by atoms with E-state index in [1.165, 1.54) is 5.56 Å². The van der Waals surface area contributed by atoms with Gasteiger partial charge in [-0.3, -0.25) is 9.36 Å². The van der Waals surface area contributed by atoms with Crippen molar-refractivity contribution in [3.8, 4) is 11.4 Å². The molecule has 162 valence electrons. The summed E-state index contributed by atoms with van der Waals surface area (Å²) in [6.45, 7) is 9.37. The fourth-order valence-electron chi connectivity index (χ4n) is 3.90. The second-order valence-corrected chi connectivity index (χ2v) is 8.91. The second-order valence-electron chi connectivity index (χ2n) is 8.91. The molecule has 2 aromatic carbocycles. The highest BCUT2D eigenvalue weighted by Gasteiger charge is 2.25. The quantitative estimate of drug-likeness (QED) is 0.639. The lowest BCUT2D eigenvalue weighted by Gasteiger charge is -2.35. The van der Waals surface area contributed by atoms with Crippen molar-refractivity contribution in [2.75, 3.05) is 38.2 Å². The van der Waals surface area contributed by atoms with Gasteiger partial charge >= 0.3 is 0 Å². The topological polar surface area (TPSA) is 50.6 Å². The van der Waals surface area contributed by atoms with Gasteiger partial charge in [0.25, 0.3) is 5.91 Å². The molecule has 1 amide bonds. The van der Waals surface area contributed by atoms with Gasteiger partial charge in [0.05, 0.1) is 12.8 Å². The molecule has 31 heavy (non-hydrogen) atoms. The number of methoxy groups -OCH3 is 1. The zero-order valence-corrected chi connectivity index (χ0v) is 18.7. The molecule has 6 nitrogen and oxygen atoms in total. The van der Waals surface area contributed by atoms with Crippen LogP contribution >= 0.6 is 0 Å². The van der Waals surface area contributed by atoms with Crippen molar-refractivity contribution < 1.29 is 9.53 Å². The van der Waals surface area contributed by atoms with Crippen molar-refractivity contribution in [2.24, 2.45) is 0 Å². The average molecular weight is 419 g/mol. The molecule has 0 bridgehead atoms. The van der Waals surface area contributed by atoms with E-state index in [0.29, 0.717) is 13.1 Å². The Morgan fingerprint density at radius 2 is 1.71 bits per heavy atom. The zero-order chi connectivity index (χ0) is 22.0. The second kappa shape index (κ2) is 8.46. The van der Waals surface area contributed by atoms with Crippen LogP contribution in [0.3, 0.4) is 0 Å². The van der Waals surface area contributed by atoms with Crippen molar-refractivity contribution in [3.05, 3.63) is 72.1 Å². The fraction of sp³-hybridized carbons (Fsp3) is 0.360. The highest BCUT2D eigenvalue weighted by atomic mass is 16.5. The number of ether oxygens (including phenoxy) is 1. The summed E-state index contributed by atoms with van der Waals surface area (Å²) in [5, 5.41) is 0. The molecular weight excluding hydrogens is 388 g/mol. The number of piperazine rings is 1. The van der Waals surface area contributed by atoms with Gasteiger partial charge in [-0.15, -0.1) is 0 Å². The summed E-state index contributed by atoms with van der Waals surface area (Å²) in [4.78, 5) is 21.7. The predicted molar refractivity (Wildman–Crippen MR) is 123 cm³/mol. The Kier molecular flexibility index (Phi) is 5.72. The van der Waals surface area contributed by atoms with Gasteiger partial charge in [-0.25, -0.2) is 4.98 Å². The van der Waals surface area contributed by atoms with E-state index in [1.54, 1.807) is 7.11 Å². The Labute approximate surface area is 184 Å². The van der Waals surface area contributed by atoms with E-state index in [0.717, 1.165) is 36.0 Å². The maximum Gasteiger partial charge on any atom is 0.253 e. The molecule has 0 atom stereocenters. The van der Waals surface area contributed by atoms with Gasteiger partial charge in [0.15, 0.2) is 0 Å². The SMILES string of the molecule is COc1cccc(-n2ccnc2N2CCN(C(=O)c3ccc(C(C)(C)C)cc3)CC2)c1. The Hall–Kier alpha value is -3.28. The largest absolute Gasteiger partial charge is 0.497 e. The third-order valence-corrected chi connectivity index (χ3v) is 5.80. The minimum Gasteiger partial charge on any atom is -0.497 e. The maximum absolute atomic E-state index is 13.0. The molecule has 0 saturated carbocycles. The minimum atomic E-state index is 0.0812. The number of nitrogens with zero attached hydrogens (tertiary/aromatic N) is 4. The van der Waals surface area contributed by atoms with E-state index < -0.39 is 0 Å². The highest BCUT2D eigenvalue weighted by molar-refractivity contribution is 5.94. The normalized spacial score (nSPS) is 14.6. The van der Waals surface area contributed by atoms with Crippen LogP contribution < -0.4 is 9.64 Å². The van der Waals surface area contributed by atoms with Crippen molar-refractivity contribution in [2.45, 2.75) is 26.2 Å².